The molecule has 2 heterocycles. The summed E-state index contributed by atoms with van der Waals surface area (Å²) in [7, 11) is 0. The quantitative estimate of drug-likeness (QED) is 0.873. The van der Waals surface area contributed by atoms with Crippen LogP contribution in [0.4, 0.5) is 0 Å². The van der Waals surface area contributed by atoms with Crippen LogP contribution in [0.25, 0.3) is 0 Å². The molecule has 6 heteroatoms. The number of thiazole rings is 1. The van der Waals surface area contributed by atoms with Gasteiger partial charge in [-0.25, -0.2) is 4.98 Å². The van der Waals surface area contributed by atoms with Crippen LogP contribution in [0.2, 0.25) is 0 Å². The number of hydrogen-bond donors (Lipinski definition) is 2. The molecule has 0 aliphatic carbocycles. The topological polar surface area (TPSA) is 68.0 Å². The molecule has 1 unspecified atom stereocenters. The highest BCUT2D eigenvalue weighted by Gasteiger charge is 2.30. The van der Waals surface area contributed by atoms with Gasteiger partial charge in [0.15, 0.2) is 0 Å². The van der Waals surface area contributed by atoms with Crippen LogP contribution in [0.1, 0.15) is 35.3 Å². The van der Waals surface area contributed by atoms with Gasteiger partial charge in [-0.1, -0.05) is 0 Å². The molecule has 1 aliphatic rings. The van der Waals surface area contributed by atoms with E-state index in [1.165, 1.54) is 29.9 Å². The molecule has 1 aromatic rings. The van der Waals surface area contributed by atoms with E-state index >= 15 is 0 Å². The van der Waals surface area contributed by atoms with Crippen LogP contribution in [0.5, 0.6) is 0 Å². The van der Waals surface area contributed by atoms with Crippen molar-refractivity contribution in [1.82, 2.24) is 10.3 Å². The average Bonchev–Trinajstić information content (AvgIpc) is 2.95. The highest BCUT2D eigenvalue weighted by molar-refractivity contribution is 8.00. The van der Waals surface area contributed by atoms with Crippen molar-refractivity contribution >= 4 is 29.0 Å². The zero-order valence-electron chi connectivity index (χ0n) is 9.86. The van der Waals surface area contributed by atoms with Gasteiger partial charge in [-0.05, 0) is 25.5 Å². The fourth-order valence-electron chi connectivity index (χ4n) is 1.84. The van der Waals surface area contributed by atoms with Crippen LogP contribution in [0, 0.1) is 0 Å². The molecule has 1 atom stereocenters. The van der Waals surface area contributed by atoms with Gasteiger partial charge in [0.2, 0.25) is 0 Å². The Morgan fingerprint density at radius 1 is 1.71 bits per heavy atom. The summed E-state index contributed by atoms with van der Waals surface area (Å²) in [6.07, 6.45) is 2.41. The van der Waals surface area contributed by atoms with Gasteiger partial charge < -0.3 is 11.1 Å². The lowest BCUT2D eigenvalue weighted by atomic mass is 10.1. The number of thioether (sulfide) groups is 1. The molecule has 17 heavy (non-hydrogen) atoms. The van der Waals surface area contributed by atoms with Crippen molar-refractivity contribution in [3.8, 4) is 0 Å². The minimum Gasteiger partial charge on any atom is -0.349 e. The van der Waals surface area contributed by atoms with Gasteiger partial charge in [0, 0.05) is 23.2 Å². The minimum atomic E-state index is -0.0883. The summed E-state index contributed by atoms with van der Waals surface area (Å²) in [4.78, 5) is 16.0. The van der Waals surface area contributed by atoms with Crippen LogP contribution in [0.3, 0.4) is 0 Å². The van der Waals surface area contributed by atoms with Gasteiger partial charge in [0.25, 0.3) is 5.91 Å². The van der Waals surface area contributed by atoms with Crippen LogP contribution < -0.4 is 11.1 Å². The van der Waals surface area contributed by atoms with E-state index in [-0.39, 0.29) is 10.7 Å². The molecular weight excluding hydrogens is 254 g/mol. The van der Waals surface area contributed by atoms with E-state index in [1.807, 2.05) is 11.8 Å². The first-order valence-electron chi connectivity index (χ1n) is 5.70. The van der Waals surface area contributed by atoms with E-state index in [9.17, 15) is 4.79 Å². The molecule has 0 bridgehead atoms. The van der Waals surface area contributed by atoms with Gasteiger partial charge in [-0.3, -0.25) is 4.79 Å². The van der Waals surface area contributed by atoms with Gasteiger partial charge in [0.1, 0.15) is 10.7 Å². The van der Waals surface area contributed by atoms with Crippen molar-refractivity contribution in [3.63, 3.8) is 0 Å². The summed E-state index contributed by atoms with van der Waals surface area (Å²) in [5.74, 6) is 1.11. The first kappa shape index (κ1) is 12.9. The summed E-state index contributed by atoms with van der Waals surface area (Å²) in [5.41, 5.74) is 5.96. The van der Waals surface area contributed by atoms with Crippen molar-refractivity contribution < 1.29 is 4.79 Å². The molecule has 1 aromatic heterocycles. The molecule has 0 aromatic carbocycles. The lowest BCUT2D eigenvalue weighted by Gasteiger charge is -2.22. The lowest BCUT2D eigenvalue weighted by molar-refractivity contribution is 0.0945. The maximum Gasteiger partial charge on any atom is 0.270 e. The molecule has 1 fully saturated rings. The standard InChI is InChI=1S/C11H17N3OS2/c1-11(3-2-4-17-11)7-13-10(15)8-6-16-9(5-12)14-8/h6H,2-5,7,12H2,1H3,(H,13,15). The van der Waals surface area contributed by atoms with Crippen molar-refractivity contribution in [2.24, 2.45) is 5.73 Å². The summed E-state index contributed by atoms with van der Waals surface area (Å²) in [6.45, 7) is 3.31. The first-order valence-corrected chi connectivity index (χ1v) is 7.56. The Bertz CT molecular complexity index is 399. The predicted molar refractivity (Wildman–Crippen MR) is 72.4 cm³/mol. The largest absolute Gasteiger partial charge is 0.349 e. The normalized spacial score (nSPS) is 23.9. The molecule has 2 rings (SSSR count). The number of rotatable bonds is 4. The zero-order chi connectivity index (χ0) is 12.3. The smallest absolute Gasteiger partial charge is 0.270 e. The maximum absolute atomic E-state index is 11.9. The Morgan fingerprint density at radius 3 is 3.12 bits per heavy atom. The van der Waals surface area contributed by atoms with Crippen molar-refractivity contribution in [2.75, 3.05) is 12.3 Å². The monoisotopic (exact) mass is 271 g/mol. The Kier molecular flexibility index (Phi) is 4.06. The third-order valence-corrected chi connectivity index (χ3v) is 5.29. The van der Waals surface area contributed by atoms with Gasteiger partial charge in [-0.15, -0.1) is 11.3 Å². The fourth-order valence-corrected chi connectivity index (χ4v) is 3.74. The van der Waals surface area contributed by atoms with Crippen molar-refractivity contribution in [2.45, 2.75) is 31.1 Å². The Labute approximate surface area is 109 Å². The highest BCUT2D eigenvalue weighted by atomic mass is 32.2. The molecular formula is C11H17N3OS2. The Morgan fingerprint density at radius 2 is 2.53 bits per heavy atom. The van der Waals surface area contributed by atoms with E-state index in [1.54, 1.807) is 5.38 Å². The Balaban J connectivity index is 1.88. The Hall–Kier alpha value is -0.590. The van der Waals surface area contributed by atoms with E-state index in [2.05, 4.69) is 17.2 Å². The van der Waals surface area contributed by atoms with E-state index in [4.69, 9.17) is 5.73 Å². The molecule has 4 nitrogen and oxygen atoms in total. The highest BCUT2D eigenvalue weighted by Crippen LogP contribution is 2.36. The number of hydrogen-bond acceptors (Lipinski definition) is 5. The molecule has 0 spiro atoms. The number of carbonyl (C=O) groups excluding carboxylic acids is 1. The maximum atomic E-state index is 11.9. The molecule has 94 valence electrons. The number of carbonyl (C=O) groups is 1. The molecule has 1 aliphatic heterocycles. The first-order chi connectivity index (χ1) is 8.13. The second kappa shape index (κ2) is 5.37. The third-order valence-electron chi connectivity index (χ3n) is 2.88. The SMILES string of the molecule is CC1(CNC(=O)c2csc(CN)n2)CCCS1. The number of aromatic nitrogens is 1. The van der Waals surface area contributed by atoms with E-state index < -0.39 is 0 Å². The van der Waals surface area contributed by atoms with Crippen LogP contribution >= 0.6 is 23.1 Å². The molecule has 3 N–H and O–H groups in total. The number of nitrogens with one attached hydrogen (secondary N) is 1. The molecule has 1 saturated heterocycles. The van der Waals surface area contributed by atoms with Crippen molar-refractivity contribution in [1.29, 1.82) is 0 Å². The average molecular weight is 271 g/mol. The zero-order valence-corrected chi connectivity index (χ0v) is 11.5. The van der Waals surface area contributed by atoms with Crippen LogP contribution in [-0.2, 0) is 6.54 Å². The number of nitrogens with two attached hydrogens (primary N) is 1. The summed E-state index contributed by atoms with van der Waals surface area (Å²) in [5, 5.41) is 5.53. The summed E-state index contributed by atoms with van der Waals surface area (Å²) >= 11 is 3.37. The summed E-state index contributed by atoms with van der Waals surface area (Å²) < 4.78 is 0.197. The molecule has 0 radical (unpaired) electrons. The van der Waals surface area contributed by atoms with Crippen LogP contribution in [0.15, 0.2) is 5.38 Å². The fraction of sp³-hybridized carbons (Fsp3) is 0.636. The predicted octanol–water partition coefficient (Wildman–Crippen LogP) is 1.62. The van der Waals surface area contributed by atoms with Crippen molar-refractivity contribution in [3.05, 3.63) is 16.1 Å². The molecule has 0 saturated carbocycles. The minimum absolute atomic E-state index is 0.0883. The van der Waals surface area contributed by atoms with Gasteiger partial charge >= 0.3 is 0 Å². The third kappa shape index (κ3) is 3.20. The summed E-state index contributed by atoms with van der Waals surface area (Å²) in [6, 6.07) is 0. The lowest BCUT2D eigenvalue weighted by Crippen LogP contribution is -2.36. The van der Waals surface area contributed by atoms with Gasteiger partial charge in [0.05, 0.1) is 0 Å². The van der Waals surface area contributed by atoms with E-state index in [0.29, 0.717) is 18.8 Å². The number of amides is 1. The second-order valence-electron chi connectivity index (χ2n) is 4.42. The number of nitrogens with zero attached hydrogens (tertiary/aromatic N) is 1. The van der Waals surface area contributed by atoms with Crippen LogP contribution in [-0.4, -0.2) is 27.9 Å². The molecule has 1 amide bonds. The second-order valence-corrected chi connectivity index (χ2v) is 7.04. The van der Waals surface area contributed by atoms with Gasteiger partial charge in [-0.2, -0.15) is 11.8 Å². The van der Waals surface area contributed by atoms with E-state index in [0.717, 1.165) is 5.01 Å².